The molecule has 0 atom stereocenters. The molecule has 0 radical (unpaired) electrons. The highest BCUT2D eigenvalue weighted by atomic mass is 79.9. The van der Waals surface area contributed by atoms with Gasteiger partial charge in [-0.2, -0.15) is 5.10 Å². The van der Waals surface area contributed by atoms with E-state index in [9.17, 15) is 0 Å². The van der Waals surface area contributed by atoms with E-state index < -0.39 is 0 Å². The van der Waals surface area contributed by atoms with Crippen LogP contribution in [0.25, 0.3) is 0 Å². The maximum atomic E-state index is 5.24. The molecule has 1 aromatic carbocycles. The molecule has 0 aliphatic rings. The molecule has 0 fully saturated rings. The summed E-state index contributed by atoms with van der Waals surface area (Å²) in [6.45, 7) is 7.93. The van der Waals surface area contributed by atoms with Gasteiger partial charge >= 0.3 is 0 Å². The quantitative estimate of drug-likeness (QED) is 0.849. The Morgan fingerprint density at radius 3 is 2.67 bits per heavy atom. The molecule has 114 valence electrons. The summed E-state index contributed by atoms with van der Waals surface area (Å²) in [5, 5.41) is 8.11. The van der Waals surface area contributed by atoms with Crippen molar-refractivity contribution >= 4 is 21.6 Å². The van der Waals surface area contributed by atoms with Crippen LogP contribution >= 0.6 is 15.9 Å². The molecule has 4 nitrogen and oxygen atoms in total. The number of halogens is 1. The van der Waals surface area contributed by atoms with Crippen LogP contribution < -0.4 is 10.1 Å². The van der Waals surface area contributed by atoms with Gasteiger partial charge in [-0.25, -0.2) is 0 Å². The van der Waals surface area contributed by atoms with E-state index in [1.165, 1.54) is 11.3 Å². The summed E-state index contributed by atoms with van der Waals surface area (Å²) in [5.41, 5.74) is 4.58. The largest absolute Gasteiger partial charge is 0.497 e. The third-order valence-electron chi connectivity index (χ3n) is 3.57. The van der Waals surface area contributed by atoms with E-state index in [0.717, 1.165) is 41.1 Å². The summed E-state index contributed by atoms with van der Waals surface area (Å²) in [7, 11) is 1.69. The predicted octanol–water partition coefficient (Wildman–Crippen LogP) is 4.16. The van der Waals surface area contributed by atoms with Crippen LogP contribution in [0.15, 0.2) is 22.7 Å². The van der Waals surface area contributed by atoms with E-state index in [1.54, 1.807) is 7.11 Å². The van der Waals surface area contributed by atoms with Crippen molar-refractivity contribution in [3.8, 4) is 5.75 Å². The fourth-order valence-electron chi connectivity index (χ4n) is 2.33. The van der Waals surface area contributed by atoms with Crippen LogP contribution in [-0.2, 0) is 19.5 Å². The minimum atomic E-state index is 0.745. The van der Waals surface area contributed by atoms with Crippen molar-refractivity contribution in [1.29, 1.82) is 0 Å². The van der Waals surface area contributed by atoms with Gasteiger partial charge in [-0.1, -0.05) is 6.92 Å². The molecule has 2 aromatic rings. The first-order valence-electron chi connectivity index (χ1n) is 7.23. The summed E-state index contributed by atoms with van der Waals surface area (Å²) >= 11 is 3.67. The van der Waals surface area contributed by atoms with Gasteiger partial charge in [0.1, 0.15) is 5.75 Å². The Balaban J connectivity index is 2.18. The number of ether oxygens (including phenoxy) is 1. The van der Waals surface area contributed by atoms with Crippen molar-refractivity contribution in [2.75, 3.05) is 12.4 Å². The number of aryl methyl sites for hydroxylation is 3. The second-order valence-corrected chi connectivity index (χ2v) is 5.70. The second kappa shape index (κ2) is 6.98. The van der Waals surface area contributed by atoms with Crippen LogP contribution in [0.2, 0.25) is 0 Å². The molecule has 1 aromatic heterocycles. The van der Waals surface area contributed by atoms with Crippen LogP contribution in [0.5, 0.6) is 5.75 Å². The Kier molecular flexibility index (Phi) is 5.28. The van der Waals surface area contributed by atoms with E-state index in [4.69, 9.17) is 4.74 Å². The second-order valence-electron chi connectivity index (χ2n) is 4.91. The molecule has 0 unspecified atom stereocenters. The number of rotatable bonds is 6. The van der Waals surface area contributed by atoms with Gasteiger partial charge in [0.25, 0.3) is 0 Å². The Bertz CT molecular complexity index is 622. The highest BCUT2D eigenvalue weighted by Crippen LogP contribution is 2.25. The lowest BCUT2D eigenvalue weighted by molar-refractivity contribution is 0.414. The summed E-state index contributed by atoms with van der Waals surface area (Å²) in [6.07, 6.45) is 0.933. The summed E-state index contributed by atoms with van der Waals surface area (Å²) in [5.74, 6) is 0.881. The Morgan fingerprint density at radius 1 is 1.33 bits per heavy atom. The average molecular weight is 352 g/mol. The highest BCUT2D eigenvalue weighted by Gasteiger charge is 2.13. The lowest BCUT2D eigenvalue weighted by Gasteiger charge is -2.12. The lowest BCUT2D eigenvalue weighted by atomic mass is 10.2. The topological polar surface area (TPSA) is 39.1 Å². The van der Waals surface area contributed by atoms with Crippen LogP contribution in [-0.4, -0.2) is 16.9 Å². The molecule has 0 saturated carbocycles. The van der Waals surface area contributed by atoms with Crippen molar-refractivity contribution in [2.45, 2.75) is 40.3 Å². The van der Waals surface area contributed by atoms with Gasteiger partial charge in [0, 0.05) is 12.2 Å². The van der Waals surface area contributed by atoms with Gasteiger partial charge in [0.2, 0.25) is 0 Å². The fourth-order valence-corrected chi connectivity index (χ4v) is 3.03. The zero-order valence-electron chi connectivity index (χ0n) is 13.0. The number of methoxy groups -OCH3 is 1. The number of benzene rings is 1. The van der Waals surface area contributed by atoms with E-state index in [-0.39, 0.29) is 0 Å². The molecule has 0 bridgehead atoms. The Hall–Kier alpha value is -1.49. The van der Waals surface area contributed by atoms with Crippen molar-refractivity contribution in [2.24, 2.45) is 0 Å². The molecule has 2 rings (SSSR count). The number of hydrogen-bond donors (Lipinski definition) is 1. The predicted molar refractivity (Wildman–Crippen MR) is 90.0 cm³/mol. The van der Waals surface area contributed by atoms with E-state index >= 15 is 0 Å². The molecule has 1 heterocycles. The average Bonchev–Trinajstić information content (AvgIpc) is 2.81. The van der Waals surface area contributed by atoms with Crippen molar-refractivity contribution in [3.63, 3.8) is 0 Å². The molecular weight excluding hydrogens is 330 g/mol. The van der Waals surface area contributed by atoms with Gasteiger partial charge < -0.3 is 10.1 Å². The molecule has 1 N–H and O–H groups in total. The Morgan fingerprint density at radius 2 is 2.10 bits per heavy atom. The first-order valence-corrected chi connectivity index (χ1v) is 8.02. The fraction of sp³-hybridized carbons (Fsp3) is 0.438. The lowest BCUT2D eigenvalue weighted by Crippen LogP contribution is -2.09. The zero-order valence-corrected chi connectivity index (χ0v) is 14.6. The van der Waals surface area contributed by atoms with Crippen LogP contribution in [0.1, 0.15) is 30.8 Å². The third kappa shape index (κ3) is 3.40. The number of nitrogens with zero attached hydrogens (tertiary/aromatic N) is 2. The molecular formula is C16H22BrN3O. The SMILES string of the molecule is CCc1nn(CC)c(CNc2ccc(OC)cc2C)c1Br. The van der Waals surface area contributed by atoms with E-state index in [2.05, 4.69) is 57.9 Å². The van der Waals surface area contributed by atoms with Gasteiger partial charge in [-0.15, -0.1) is 0 Å². The molecule has 5 heteroatoms. The number of aromatic nitrogens is 2. The van der Waals surface area contributed by atoms with Crippen LogP contribution in [0, 0.1) is 6.92 Å². The minimum absolute atomic E-state index is 0.745. The maximum absolute atomic E-state index is 5.24. The number of nitrogens with one attached hydrogen (secondary N) is 1. The van der Waals surface area contributed by atoms with Crippen molar-refractivity contribution in [3.05, 3.63) is 39.6 Å². The molecule has 0 aliphatic carbocycles. The summed E-state index contributed by atoms with van der Waals surface area (Å²) in [6, 6.07) is 6.06. The molecule has 21 heavy (non-hydrogen) atoms. The standard InChI is InChI=1S/C16H22BrN3O/c1-5-13-16(17)15(20(6-2)19-13)10-18-14-8-7-12(21-4)9-11(14)3/h7-9,18H,5-6,10H2,1-4H3. The van der Waals surface area contributed by atoms with Crippen LogP contribution in [0.3, 0.4) is 0 Å². The number of anilines is 1. The van der Waals surface area contributed by atoms with E-state index in [1.807, 2.05) is 12.1 Å². The van der Waals surface area contributed by atoms with Crippen LogP contribution in [0.4, 0.5) is 5.69 Å². The van der Waals surface area contributed by atoms with Gasteiger partial charge in [-0.05, 0) is 60.0 Å². The molecule has 0 saturated heterocycles. The molecule has 0 spiro atoms. The van der Waals surface area contributed by atoms with Gasteiger partial charge in [0.05, 0.1) is 29.5 Å². The molecule has 0 amide bonds. The first kappa shape index (κ1) is 15.9. The monoisotopic (exact) mass is 351 g/mol. The smallest absolute Gasteiger partial charge is 0.119 e. The maximum Gasteiger partial charge on any atom is 0.119 e. The summed E-state index contributed by atoms with van der Waals surface area (Å²) in [4.78, 5) is 0. The highest BCUT2D eigenvalue weighted by molar-refractivity contribution is 9.10. The zero-order chi connectivity index (χ0) is 15.4. The third-order valence-corrected chi connectivity index (χ3v) is 4.49. The van der Waals surface area contributed by atoms with Crippen molar-refractivity contribution < 1.29 is 4.74 Å². The number of hydrogen-bond acceptors (Lipinski definition) is 3. The summed E-state index contributed by atoms with van der Waals surface area (Å²) < 4.78 is 8.40. The first-order chi connectivity index (χ1) is 10.1. The van der Waals surface area contributed by atoms with Gasteiger partial charge in [-0.3, -0.25) is 4.68 Å². The van der Waals surface area contributed by atoms with Crippen molar-refractivity contribution in [1.82, 2.24) is 9.78 Å². The van der Waals surface area contributed by atoms with Gasteiger partial charge in [0.15, 0.2) is 0 Å². The normalized spacial score (nSPS) is 10.7. The Labute approximate surface area is 134 Å². The minimum Gasteiger partial charge on any atom is -0.497 e. The molecule has 0 aliphatic heterocycles. The van der Waals surface area contributed by atoms with E-state index in [0.29, 0.717) is 0 Å².